The van der Waals surface area contributed by atoms with E-state index in [0.717, 1.165) is 0 Å². The van der Waals surface area contributed by atoms with Crippen molar-refractivity contribution in [3.05, 3.63) is 12.2 Å². The number of carboxylic acids is 1. The van der Waals surface area contributed by atoms with Gasteiger partial charge in [-0.25, -0.2) is 0 Å². The predicted molar refractivity (Wildman–Crippen MR) is 53.6 cm³/mol. The molecule has 5 nitrogen and oxygen atoms in total. The maximum absolute atomic E-state index is 12.1. The molecule has 3 rings (SSSR count). The van der Waals surface area contributed by atoms with E-state index in [4.69, 9.17) is 4.74 Å². The number of hydrogen-bond donors (Lipinski definition) is 1. The van der Waals surface area contributed by atoms with E-state index in [-0.39, 0.29) is 5.91 Å². The number of carboxylic acid groups (broad SMARTS) is 1. The standard InChI is InChI=1S/C11H13NO4/c1-2-12-5-11-4-3-6(16-11)7(10(14)15)8(11)9(12)13/h3-4,6-8H,2,5H2,1H3,(H,14,15)/t6-,7-,8+,11-/m0/s1. The Morgan fingerprint density at radius 1 is 1.75 bits per heavy atom. The molecule has 3 aliphatic rings. The van der Waals surface area contributed by atoms with Gasteiger partial charge in [0, 0.05) is 6.54 Å². The fourth-order valence-corrected chi connectivity index (χ4v) is 3.13. The van der Waals surface area contributed by atoms with Crippen LogP contribution >= 0.6 is 0 Å². The molecule has 2 bridgehead atoms. The summed E-state index contributed by atoms with van der Waals surface area (Å²) < 4.78 is 5.71. The van der Waals surface area contributed by atoms with Crippen LogP contribution in [0.4, 0.5) is 0 Å². The van der Waals surface area contributed by atoms with Crippen LogP contribution in [0.2, 0.25) is 0 Å². The number of fused-ring (bicyclic) bond motifs is 1. The second kappa shape index (κ2) is 2.85. The van der Waals surface area contributed by atoms with Crippen molar-refractivity contribution in [2.75, 3.05) is 13.1 Å². The topological polar surface area (TPSA) is 66.8 Å². The van der Waals surface area contributed by atoms with Crippen LogP contribution in [0.1, 0.15) is 6.92 Å². The van der Waals surface area contributed by atoms with Crippen molar-refractivity contribution in [1.29, 1.82) is 0 Å². The fraction of sp³-hybridized carbons (Fsp3) is 0.636. The summed E-state index contributed by atoms with van der Waals surface area (Å²) in [5.74, 6) is -2.26. The van der Waals surface area contributed by atoms with Gasteiger partial charge in [-0.3, -0.25) is 9.59 Å². The lowest BCUT2D eigenvalue weighted by Crippen LogP contribution is -2.39. The monoisotopic (exact) mass is 223 g/mol. The van der Waals surface area contributed by atoms with Gasteiger partial charge >= 0.3 is 5.97 Å². The van der Waals surface area contributed by atoms with Crippen LogP contribution < -0.4 is 0 Å². The maximum Gasteiger partial charge on any atom is 0.310 e. The van der Waals surface area contributed by atoms with Gasteiger partial charge < -0.3 is 14.7 Å². The highest BCUT2D eigenvalue weighted by Crippen LogP contribution is 2.51. The number of hydrogen-bond acceptors (Lipinski definition) is 3. The van der Waals surface area contributed by atoms with E-state index in [9.17, 15) is 14.7 Å². The molecular formula is C11H13NO4. The summed E-state index contributed by atoms with van der Waals surface area (Å²) in [7, 11) is 0. The average Bonchev–Trinajstić information content (AvgIpc) is 2.86. The Morgan fingerprint density at radius 3 is 3.12 bits per heavy atom. The molecule has 0 radical (unpaired) electrons. The van der Waals surface area contributed by atoms with Gasteiger partial charge in [-0.05, 0) is 6.92 Å². The Balaban J connectivity index is 2.03. The Morgan fingerprint density at radius 2 is 2.50 bits per heavy atom. The van der Waals surface area contributed by atoms with Gasteiger partial charge in [0.25, 0.3) is 0 Å². The minimum Gasteiger partial charge on any atom is -0.481 e. The summed E-state index contributed by atoms with van der Waals surface area (Å²) in [5, 5.41) is 9.17. The highest BCUT2D eigenvalue weighted by molar-refractivity contribution is 5.90. The maximum atomic E-state index is 12.1. The zero-order valence-electron chi connectivity index (χ0n) is 8.92. The highest BCUT2D eigenvalue weighted by Gasteiger charge is 2.66. The normalized spacial score (nSPS) is 44.2. The lowest BCUT2D eigenvalue weighted by atomic mass is 9.77. The second-order valence-electron chi connectivity index (χ2n) is 4.59. The Hall–Kier alpha value is -1.36. The highest BCUT2D eigenvalue weighted by atomic mass is 16.5. The third-order valence-electron chi connectivity index (χ3n) is 3.85. The van der Waals surface area contributed by atoms with E-state index in [1.807, 2.05) is 13.0 Å². The van der Waals surface area contributed by atoms with Crippen molar-refractivity contribution in [3.63, 3.8) is 0 Å². The van der Waals surface area contributed by atoms with Gasteiger partial charge in [0.1, 0.15) is 11.5 Å². The van der Waals surface area contributed by atoms with E-state index >= 15 is 0 Å². The van der Waals surface area contributed by atoms with Gasteiger partial charge in [-0.2, -0.15) is 0 Å². The van der Waals surface area contributed by atoms with Crippen LogP contribution in [0.3, 0.4) is 0 Å². The first-order valence-electron chi connectivity index (χ1n) is 5.48. The fourth-order valence-electron chi connectivity index (χ4n) is 3.13. The summed E-state index contributed by atoms with van der Waals surface area (Å²) in [5.41, 5.74) is -0.666. The zero-order chi connectivity index (χ0) is 11.5. The molecule has 3 aliphatic heterocycles. The molecule has 1 N–H and O–H groups in total. The van der Waals surface area contributed by atoms with Crippen LogP contribution in [-0.4, -0.2) is 46.7 Å². The van der Waals surface area contributed by atoms with Crippen LogP contribution in [0, 0.1) is 11.8 Å². The molecule has 0 saturated carbocycles. The molecule has 0 unspecified atom stereocenters. The molecule has 2 saturated heterocycles. The molecule has 4 atom stereocenters. The molecule has 1 spiro atoms. The Labute approximate surface area is 92.7 Å². The molecule has 3 heterocycles. The van der Waals surface area contributed by atoms with Crippen molar-refractivity contribution < 1.29 is 19.4 Å². The van der Waals surface area contributed by atoms with Gasteiger partial charge in [0.15, 0.2) is 0 Å². The molecule has 86 valence electrons. The van der Waals surface area contributed by atoms with Crippen LogP contribution in [0.15, 0.2) is 12.2 Å². The molecule has 5 heteroatoms. The van der Waals surface area contributed by atoms with E-state index in [1.54, 1.807) is 11.0 Å². The van der Waals surface area contributed by atoms with Gasteiger partial charge in [0.05, 0.1) is 18.6 Å². The molecule has 0 aliphatic carbocycles. The molecule has 0 aromatic rings. The van der Waals surface area contributed by atoms with Crippen LogP contribution in [-0.2, 0) is 14.3 Å². The first kappa shape index (κ1) is 9.84. The first-order chi connectivity index (χ1) is 7.59. The number of amides is 1. The third kappa shape index (κ3) is 0.942. The molecule has 0 aromatic heterocycles. The number of rotatable bonds is 2. The Kier molecular flexibility index (Phi) is 1.75. The predicted octanol–water partition coefficient (Wildman–Crippen LogP) is -0.127. The van der Waals surface area contributed by atoms with Crippen LogP contribution in [0.25, 0.3) is 0 Å². The number of ether oxygens (including phenoxy) is 1. The molecule has 16 heavy (non-hydrogen) atoms. The van der Waals surface area contributed by atoms with Gasteiger partial charge in [0.2, 0.25) is 5.91 Å². The van der Waals surface area contributed by atoms with Gasteiger partial charge in [-0.15, -0.1) is 0 Å². The van der Waals surface area contributed by atoms with E-state index < -0.39 is 29.5 Å². The van der Waals surface area contributed by atoms with Crippen LogP contribution in [0.5, 0.6) is 0 Å². The summed E-state index contributed by atoms with van der Waals surface area (Å²) in [4.78, 5) is 24.9. The third-order valence-corrected chi connectivity index (χ3v) is 3.85. The number of aliphatic carboxylic acids is 1. The quantitative estimate of drug-likeness (QED) is 0.662. The summed E-state index contributed by atoms with van der Waals surface area (Å²) in [6, 6.07) is 0. The Bertz CT molecular complexity index is 405. The molecule has 0 aromatic carbocycles. The van der Waals surface area contributed by atoms with Gasteiger partial charge in [-0.1, -0.05) is 12.2 Å². The number of carbonyl (C=O) groups is 2. The largest absolute Gasteiger partial charge is 0.481 e. The minimum absolute atomic E-state index is 0.0817. The lowest BCUT2D eigenvalue weighted by Gasteiger charge is -2.21. The van der Waals surface area contributed by atoms with Crippen molar-refractivity contribution in [1.82, 2.24) is 4.90 Å². The van der Waals surface area contributed by atoms with Crippen molar-refractivity contribution in [2.45, 2.75) is 18.6 Å². The second-order valence-corrected chi connectivity index (χ2v) is 4.59. The summed E-state index contributed by atoms with van der Waals surface area (Å²) >= 11 is 0. The van der Waals surface area contributed by atoms with E-state index in [2.05, 4.69) is 0 Å². The molecule has 1 amide bonds. The lowest BCUT2D eigenvalue weighted by molar-refractivity contribution is -0.148. The smallest absolute Gasteiger partial charge is 0.310 e. The van der Waals surface area contributed by atoms with Crippen molar-refractivity contribution in [3.8, 4) is 0 Å². The minimum atomic E-state index is -0.937. The average molecular weight is 223 g/mol. The SMILES string of the molecule is CCN1C[C@]23C=C[C@H](O2)[C@H](C(=O)O)[C@@H]3C1=O. The number of likely N-dealkylation sites (N-methyl/N-ethyl adjacent to an activating group) is 1. The molecular weight excluding hydrogens is 210 g/mol. The summed E-state index contributed by atoms with van der Waals surface area (Å²) in [6.07, 6.45) is 3.22. The van der Waals surface area contributed by atoms with Crippen molar-refractivity contribution in [2.24, 2.45) is 11.8 Å². The number of nitrogens with zero attached hydrogens (tertiary/aromatic N) is 1. The van der Waals surface area contributed by atoms with Crippen molar-refractivity contribution >= 4 is 11.9 Å². The van der Waals surface area contributed by atoms with E-state index in [1.165, 1.54) is 0 Å². The van der Waals surface area contributed by atoms with E-state index in [0.29, 0.717) is 13.1 Å². The summed E-state index contributed by atoms with van der Waals surface area (Å²) in [6.45, 7) is 2.98. The number of carbonyl (C=O) groups excluding carboxylic acids is 1. The number of likely N-dealkylation sites (tertiary alicyclic amines) is 1. The first-order valence-corrected chi connectivity index (χ1v) is 5.48. The molecule has 2 fully saturated rings. The zero-order valence-corrected chi connectivity index (χ0v) is 8.92.